The molecule has 1 aliphatic rings. The van der Waals surface area contributed by atoms with Gasteiger partial charge in [0.25, 0.3) is 5.97 Å². The van der Waals surface area contributed by atoms with E-state index in [1.807, 2.05) is 38.1 Å². The summed E-state index contributed by atoms with van der Waals surface area (Å²) in [6.07, 6.45) is 2.53. The second-order valence-corrected chi connectivity index (χ2v) is 8.79. The highest BCUT2D eigenvalue weighted by Gasteiger charge is 2.19. The number of likely N-dealkylation sites (tertiary alicyclic amines) is 1. The fraction of sp³-hybridized carbons (Fsp3) is 0.346. The molecule has 1 saturated heterocycles. The van der Waals surface area contributed by atoms with Gasteiger partial charge in [0.15, 0.2) is 16.7 Å². The fourth-order valence-corrected chi connectivity index (χ4v) is 4.25. The average Bonchev–Trinajstić information content (AvgIpc) is 3.52. The molecule has 0 bridgehead atoms. The number of phenols is 1. The third-order valence-electron chi connectivity index (χ3n) is 5.05. The molecule has 37 heavy (non-hydrogen) atoms. The lowest BCUT2D eigenvalue weighted by atomic mass is 10.1. The number of carbonyl (C=O) groups excluding carboxylic acids is 1. The van der Waals surface area contributed by atoms with Gasteiger partial charge in [-0.25, -0.2) is 9.37 Å². The van der Waals surface area contributed by atoms with Crippen LogP contribution in [0, 0.1) is 5.82 Å². The number of nitrogens with one attached hydrogen (secondary N) is 1. The highest BCUT2D eigenvalue weighted by Crippen LogP contribution is 2.31. The number of halogens is 1. The number of hydrogen-bond donors (Lipinski definition) is 4. The van der Waals surface area contributed by atoms with E-state index in [4.69, 9.17) is 20.4 Å². The normalized spacial score (nSPS) is 12.5. The zero-order valence-electron chi connectivity index (χ0n) is 21.2. The van der Waals surface area contributed by atoms with Gasteiger partial charge >= 0.3 is 0 Å². The van der Waals surface area contributed by atoms with Crippen molar-refractivity contribution in [3.8, 4) is 11.5 Å². The van der Waals surface area contributed by atoms with Gasteiger partial charge in [-0.3, -0.25) is 14.5 Å². The zero-order chi connectivity index (χ0) is 27.4. The Hall–Kier alpha value is -3.70. The van der Waals surface area contributed by atoms with E-state index >= 15 is 0 Å². The molecule has 1 aliphatic heterocycles. The summed E-state index contributed by atoms with van der Waals surface area (Å²) in [7, 11) is 0. The number of carboxylic acids is 1. The molecule has 0 amide bonds. The number of nitrogen functional groups attached to an aromatic ring is 1. The summed E-state index contributed by atoms with van der Waals surface area (Å²) in [5.74, 6) is -1.82. The van der Waals surface area contributed by atoms with Crippen LogP contribution in [0.2, 0.25) is 0 Å². The van der Waals surface area contributed by atoms with Crippen molar-refractivity contribution in [3.63, 3.8) is 0 Å². The summed E-state index contributed by atoms with van der Waals surface area (Å²) in [5.41, 5.74) is 6.77. The Morgan fingerprint density at radius 3 is 2.38 bits per heavy atom. The topological polar surface area (TPSA) is 138 Å². The summed E-state index contributed by atoms with van der Waals surface area (Å²) in [4.78, 5) is 28.4. The number of hydrogen-bond acceptors (Lipinski definition) is 9. The number of carbonyl (C=O) groups is 2. The lowest BCUT2D eigenvalue weighted by Crippen LogP contribution is -2.25. The SMILES string of the molecule is CC.CC(=O)O.Nc1nc(Nc2ccc(OCCN3CCCC3)cc2)sc1C(=O)c1ccc(O)c(F)c1. The first kappa shape index (κ1) is 29.5. The first-order valence-corrected chi connectivity index (χ1v) is 12.8. The Labute approximate surface area is 219 Å². The van der Waals surface area contributed by atoms with Gasteiger partial charge in [-0.1, -0.05) is 25.2 Å². The van der Waals surface area contributed by atoms with Crippen molar-refractivity contribution in [1.82, 2.24) is 9.88 Å². The molecule has 11 heteroatoms. The third-order valence-corrected chi connectivity index (χ3v) is 6.04. The van der Waals surface area contributed by atoms with Crippen LogP contribution in [0.15, 0.2) is 42.5 Å². The maximum absolute atomic E-state index is 13.6. The number of benzene rings is 2. The van der Waals surface area contributed by atoms with Gasteiger partial charge in [-0.2, -0.15) is 0 Å². The molecule has 5 N–H and O–H groups in total. The zero-order valence-corrected chi connectivity index (χ0v) is 22.0. The molecule has 0 radical (unpaired) electrons. The molecule has 1 fully saturated rings. The summed E-state index contributed by atoms with van der Waals surface area (Å²) >= 11 is 1.08. The lowest BCUT2D eigenvalue weighted by molar-refractivity contribution is -0.134. The maximum atomic E-state index is 13.6. The predicted octanol–water partition coefficient (Wildman–Crippen LogP) is 5.14. The van der Waals surface area contributed by atoms with E-state index in [1.54, 1.807) is 0 Å². The van der Waals surface area contributed by atoms with Crippen LogP contribution in [0.25, 0.3) is 0 Å². The largest absolute Gasteiger partial charge is 0.505 e. The fourth-order valence-electron chi connectivity index (χ4n) is 3.38. The summed E-state index contributed by atoms with van der Waals surface area (Å²) in [5, 5.41) is 20.3. The van der Waals surface area contributed by atoms with Crippen LogP contribution in [0.4, 0.5) is 21.0 Å². The molecule has 200 valence electrons. The van der Waals surface area contributed by atoms with Gasteiger partial charge in [-0.05, 0) is 68.4 Å². The Balaban J connectivity index is 0.000000733. The second-order valence-electron chi connectivity index (χ2n) is 7.79. The smallest absolute Gasteiger partial charge is 0.300 e. The van der Waals surface area contributed by atoms with Crippen molar-refractivity contribution in [3.05, 3.63) is 58.7 Å². The van der Waals surface area contributed by atoms with Gasteiger partial charge in [0.05, 0.1) is 0 Å². The van der Waals surface area contributed by atoms with Crippen molar-refractivity contribution in [2.75, 3.05) is 37.3 Å². The monoisotopic (exact) mass is 532 g/mol. The lowest BCUT2D eigenvalue weighted by Gasteiger charge is -2.15. The molecular formula is C26H33FN4O5S. The number of anilines is 3. The van der Waals surface area contributed by atoms with Gasteiger partial charge in [0.2, 0.25) is 5.78 Å². The Morgan fingerprint density at radius 2 is 1.78 bits per heavy atom. The molecule has 2 aromatic carbocycles. The molecule has 0 atom stereocenters. The number of aromatic nitrogens is 1. The molecule has 2 heterocycles. The number of aromatic hydroxyl groups is 1. The van der Waals surface area contributed by atoms with Crippen LogP contribution in [0.1, 0.15) is 48.8 Å². The van der Waals surface area contributed by atoms with Crippen LogP contribution in [-0.2, 0) is 4.79 Å². The van der Waals surface area contributed by atoms with E-state index in [2.05, 4.69) is 15.2 Å². The second kappa shape index (κ2) is 14.8. The van der Waals surface area contributed by atoms with Gasteiger partial charge in [0.1, 0.15) is 23.1 Å². The van der Waals surface area contributed by atoms with Gasteiger partial charge in [-0.15, -0.1) is 0 Å². The molecular weight excluding hydrogens is 499 g/mol. The van der Waals surface area contributed by atoms with E-state index in [1.165, 1.54) is 18.9 Å². The highest BCUT2D eigenvalue weighted by atomic mass is 32.1. The van der Waals surface area contributed by atoms with Crippen LogP contribution in [0.3, 0.4) is 0 Å². The number of nitrogens with zero attached hydrogens (tertiary/aromatic N) is 2. The molecule has 4 rings (SSSR count). The number of aliphatic carboxylic acids is 1. The minimum atomic E-state index is -0.866. The summed E-state index contributed by atoms with van der Waals surface area (Å²) in [6, 6.07) is 10.9. The molecule has 9 nitrogen and oxygen atoms in total. The Kier molecular flexibility index (Phi) is 11.8. The number of ketones is 1. The van der Waals surface area contributed by atoms with Crippen LogP contribution in [-0.4, -0.2) is 58.1 Å². The number of carboxylic acid groups (broad SMARTS) is 1. The Morgan fingerprint density at radius 1 is 1.16 bits per heavy atom. The molecule has 1 aromatic heterocycles. The standard InChI is InChI=1S/C22H23FN4O3S.C2H4O2.C2H6/c23-17-13-14(3-8-18(17)28)19(29)20-21(24)26-22(31-20)25-15-4-6-16(7-5-15)30-12-11-27-9-1-2-10-27;1-2(3)4;1-2/h3-8,13,28H,1-2,9-12,24H2,(H,25,26);1H3,(H,3,4);1-2H3. The number of ether oxygens (including phenoxy) is 1. The number of nitrogens with two attached hydrogens (primary N) is 1. The van der Waals surface area contributed by atoms with Crippen LogP contribution < -0.4 is 15.8 Å². The van der Waals surface area contributed by atoms with Crippen LogP contribution >= 0.6 is 11.3 Å². The van der Waals surface area contributed by atoms with E-state index in [0.29, 0.717) is 11.7 Å². The average molecular weight is 533 g/mol. The van der Waals surface area contributed by atoms with Crippen molar-refractivity contribution >= 4 is 39.7 Å². The molecule has 0 spiro atoms. The van der Waals surface area contributed by atoms with E-state index in [9.17, 15) is 14.3 Å². The highest BCUT2D eigenvalue weighted by molar-refractivity contribution is 7.18. The van der Waals surface area contributed by atoms with Crippen molar-refractivity contribution in [2.24, 2.45) is 0 Å². The first-order valence-electron chi connectivity index (χ1n) is 11.9. The van der Waals surface area contributed by atoms with E-state index in [0.717, 1.165) is 61.5 Å². The van der Waals surface area contributed by atoms with Gasteiger partial charge in [0, 0.05) is 24.7 Å². The molecule has 3 aromatic rings. The predicted molar refractivity (Wildman–Crippen MR) is 144 cm³/mol. The van der Waals surface area contributed by atoms with Crippen LogP contribution in [0.5, 0.6) is 11.5 Å². The van der Waals surface area contributed by atoms with E-state index in [-0.39, 0.29) is 16.3 Å². The minimum Gasteiger partial charge on any atom is -0.505 e. The first-order chi connectivity index (χ1) is 17.7. The number of thiazole rings is 1. The summed E-state index contributed by atoms with van der Waals surface area (Å²) in [6.45, 7) is 8.96. The maximum Gasteiger partial charge on any atom is 0.300 e. The third kappa shape index (κ3) is 9.36. The number of rotatable bonds is 8. The Bertz CT molecular complexity index is 1160. The van der Waals surface area contributed by atoms with Crippen molar-refractivity contribution in [1.29, 1.82) is 0 Å². The van der Waals surface area contributed by atoms with E-state index < -0.39 is 23.3 Å². The van der Waals surface area contributed by atoms with Gasteiger partial charge < -0.3 is 26.0 Å². The van der Waals surface area contributed by atoms with Crippen molar-refractivity contribution in [2.45, 2.75) is 33.6 Å². The quantitative estimate of drug-likeness (QED) is 0.291. The molecule has 0 saturated carbocycles. The number of phenolic OH excluding ortho intramolecular Hbond substituents is 1. The minimum absolute atomic E-state index is 0.0628. The summed E-state index contributed by atoms with van der Waals surface area (Å²) < 4.78 is 19.4. The molecule has 0 unspecified atom stereocenters. The molecule has 0 aliphatic carbocycles. The van der Waals surface area contributed by atoms with Crippen molar-refractivity contribution < 1.29 is 28.9 Å².